The van der Waals surface area contributed by atoms with Crippen LogP contribution in [0.25, 0.3) is 0 Å². The van der Waals surface area contributed by atoms with E-state index in [1.807, 2.05) is 20.8 Å². The zero-order chi connectivity index (χ0) is 14.9. The molecule has 1 aliphatic heterocycles. The number of hydrogen-bond donors (Lipinski definition) is 0. The first kappa shape index (κ1) is 14.6. The predicted octanol–water partition coefficient (Wildman–Crippen LogP) is 3.05. The van der Waals surface area contributed by atoms with Crippen LogP contribution in [-0.2, 0) is 4.79 Å². The number of amides is 1. The highest BCUT2D eigenvalue weighted by Gasteiger charge is 2.27. The van der Waals surface area contributed by atoms with Gasteiger partial charge in [0.1, 0.15) is 12.4 Å². The number of carbonyl (C=O) groups is 2. The van der Waals surface area contributed by atoms with Gasteiger partial charge in [0.05, 0.1) is 12.2 Å². The Kier molecular flexibility index (Phi) is 3.84. The number of hydrogen-bond acceptors (Lipinski definition) is 3. The van der Waals surface area contributed by atoms with Crippen molar-refractivity contribution in [1.82, 2.24) is 0 Å². The van der Waals surface area contributed by atoms with E-state index in [1.54, 1.807) is 23.1 Å². The molecule has 4 nitrogen and oxygen atoms in total. The van der Waals surface area contributed by atoms with Crippen molar-refractivity contribution in [1.29, 1.82) is 0 Å². The van der Waals surface area contributed by atoms with Gasteiger partial charge < -0.3 is 9.64 Å². The fourth-order valence-electron chi connectivity index (χ4n) is 2.24. The van der Waals surface area contributed by atoms with E-state index in [4.69, 9.17) is 4.74 Å². The molecule has 1 aromatic rings. The molecule has 0 N–H and O–H groups in total. The maximum absolute atomic E-state index is 12.4. The maximum Gasteiger partial charge on any atom is 0.227 e. The lowest BCUT2D eigenvalue weighted by molar-refractivity contribution is -0.120. The summed E-state index contributed by atoms with van der Waals surface area (Å²) in [5.74, 6) is 0.729. The largest absolute Gasteiger partial charge is 0.490 e. The van der Waals surface area contributed by atoms with E-state index in [2.05, 4.69) is 0 Å². The molecule has 1 heterocycles. The van der Waals surface area contributed by atoms with Crippen LogP contribution in [0, 0.1) is 5.41 Å². The Hall–Kier alpha value is -1.84. The van der Waals surface area contributed by atoms with Gasteiger partial charge in [0, 0.05) is 12.0 Å². The van der Waals surface area contributed by atoms with Crippen LogP contribution in [0.5, 0.6) is 5.75 Å². The number of benzene rings is 1. The van der Waals surface area contributed by atoms with Crippen molar-refractivity contribution in [3.63, 3.8) is 0 Å². The predicted molar refractivity (Wildman–Crippen MR) is 78.4 cm³/mol. The Labute approximate surface area is 119 Å². The Morgan fingerprint density at radius 2 is 2.00 bits per heavy atom. The zero-order valence-electron chi connectivity index (χ0n) is 12.5. The topological polar surface area (TPSA) is 46.6 Å². The fraction of sp³-hybridized carbons (Fsp3) is 0.500. The summed E-state index contributed by atoms with van der Waals surface area (Å²) >= 11 is 0. The van der Waals surface area contributed by atoms with Gasteiger partial charge in [-0.25, -0.2) is 0 Å². The molecule has 0 saturated carbocycles. The van der Waals surface area contributed by atoms with E-state index in [-0.39, 0.29) is 17.1 Å². The smallest absolute Gasteiger partial charge is 0.227 e. The first-order valence-corrected chi connectivity index (χ1v) is 6.86. The second-order valence-electron chi connectivity index (χ2n) is 6.37. The lowest BCUT2D eigenvalue weighted by Crippen LogP contribution is -2.39. The molecule has 0 aromatic heterocycles. The lowest BCUT2D eigenvalue weighted by atomic mass is 9.91. The summed E-state index contributed by atoms with van der Waals surface area (Å²) in [6, 6.07) is 5.25. The van der Waals surface area contributed by atoms with E-state index >= 15 is 0 Å². The average molecular weight is 275 g/mol. The molecular weight excluding hydrogens is 254 g/mol. The molecule has 0 spiro atoms. The summed E-state index contributed by atoms with van der Waals surface area (Å²) in [4.78, 5) is 25.7. The maximum atomic E-state index is 12.4. The Morgan fingerprint density at radius 1 is 1.30 bits per heavy atom. The molecule has 0 saturated heterocycles. The molecule has 20 heavy (non-hydrogen) atoms. The van der Waals surface area contributed by atoms with Crippen LogP contribution in [0.1, 0.15) is 44.5 Å². The average Bonchev–Trinajstić information content (AvgIpc) is 2.35. The van der Waals surface area contributed by atoms with E-state index < -0.39 is 0 Å². The van der Waals surface area contributed by atoms with E-state index in [0.29, 0.717) is 36.6 Å². The number of fused-ring (bicyclic) bond motifs is 1. The first-order chi connectivity index (χ1) is 9.28. The van der Waals surface area contributed by atoms with Crippen LogP contribution in [0.4, 0.5) is 5.69 Å². The van der Waals surface area contributed by atoms with E-state index in [0.717, 1.165) is 0 Å². The Morgan fingerprint density at radius 3 is 2.60 bits per heavy atom. The second kappa shape index (κ2) is 5.27. The highest BCUT2D eigenvalue weighted by atomic mass is 16.5. The lowest BCUT2D eigenvalue weighted by Gasteiger charge is -2.32. The summed E-state index contributed by atoms with van der Waals surface area (Å²) in [6.07, 6.45) is 0.469. The highest BCUT2D eigenvalue weighted by Crippen LogP contribution is 2.34. The number of ketones is 1. The van der Waals surface area contributed by atoms with Crippen molar-refractivity contribution in [2.24, 2.45) is 5.41 Å². The molecular formula is C16H21NO3. The molecule has 0 unspecified atom stereocenters. The number of rotatable bonds is 2. The van der Waals surface area contributed by atoms with Crippen LogP contribution in [-0.4, -0.2) is 24.8 Å². The molecule has 4 heteroatoms. The monoisotopic (exact) mass is 275 g/mol. The van der Waals surface area contributed by atoms with Crippen molar-refractivity contribution in [3.8, 4) is 5.75 Å². The Balaban J connectivity index is 2.33. The van der Waals surface area contributed by atoms with Gasteiger partial charge in [-0.3, -0.25) is 9.59 Å². The van der Waals surface area contributed by atoms with Crippen molar-refractivity contribution < 1.29 is 14.3 Å². The number of carbonyl (C=O) groups excluding carboxylic acids is 2. The Bertz CT molecular complexity index is 543. The van der Waals surface area contributed by atoms with Crippen LogP contribution in [0.2, 0.25) is 0 Å². The standard InChI is InChI=1S/C16H21NO3/c1-11(18)12-5-6-14-13(9-12)17(7-8-20-14)15(19)10-16(2,3)4/h5-6,9H,7-8,10H2,1-4H3. The van der Waals surface area contributed by atoms with Crippen molar-refractivity contribution in [2.45, 2.75) is 34.1 Å². The quantitative estimate of drug-likeness (QED) is 0.779. The van der Waals surface area contributed by atoms with Crippen molar-refractivity contribution >= 4 is 17.4 Å². The minimum absolute atomic E-state index is 0.0124. The zero-order valence-corrected chi connectivity index (χ0v) is 12.5. The molecule has 0 aliphatic carbocycles. The summed E-state index contributed by atoms with van der Waals surface area (Å²) in [5, 5.41) is 0. The van der Waals surface area contributed by atoms with Crippen molar-refractivity contribution in [2.75, 3.05) is 18.1 Å². The summed E-state index contributed by atoms with van der Waals surface area (Å²) < 4.78 is 5.56. The SMILES string of the molecule is CC(=O)c1ccc2c(c1)N(C(=O)CC(C)(C)C)CCO2. The van der Waals surface area contributed by atoms with Crippen molar-refractivity contribution in [3.05, 3.63) is 23.8 Å². The number of nitrogens with zero attached hydrogens (tertiary/aromatic N) is 1. The third-order valence-electron chi connectivity index (χ3n) is 3.21. The normalized spacial score (nSPS) is 14.5. The molecule has 2 rings (SSSR count). The van der Waals surface area contributed by atoms with Gasteiger partial charge in [0.15, 0.2) is 5.78 Å². The van der Waals surface area contributed by atoms with Crippen LogP contribution < -0.4 is 9.64 Å². The fourth-order valence-corrected chi connectivity index (χ4v) is 2.24. The first-order valence-electron chi connectivity index (χ1n) is 6.86. The highest BCUT2D eigenvalue weighted by molar-refractivity contribution is 5.99. The van der Waals surface area contributed by atoms with Gasteiger partial charge in [0.2, 0.25) is 5.91 Å². The molecule has 1 amide bonds. The molecule has 0 fully saturated rings. The second-order valence-corrected chi connectivity index (χ2v) is 6.37. The van der Waals surface area contributed by atoms with Gasteiger partial charge in [-0.2, -0.15) is 0 Å². The van der Waals surface area contributed by atoms with Gasteiger partial charge in [0.25, 0.3) is 0 Å². The summed E-state index contributed by atoms with van der Waals surface area (Å²) in [7, 11) is 0. The van der Waals surface area contributed by atoms with E-state index in [9.17, 15) is 9.59 Å². The van der Waals surface area contributed by atoms with Gasteiger partial charge in [-0.1, -0.05) is 20.8 Å². The number of Topliss-reactive ketones (excluding diaryl/α,β-unsaturated/α-hetero) is 1. The van der Waals surface area contributed by atoms with Gasteiger partial charge >= 0.3 is 0 Å². The van der Waals surface area contributed by atoms with Crippen LogP contribution >= 0.6 is 0 Å². The number of ether oxygens (including phenoxy) is 1. The summed E-state index contributed by atoms with van der Waals surface area (Å²) in [6.45, 7) is 8.66. The van der Waals surface area contributed by atoms with Gasteiger partial charge in [-0.05, 0) is 30.5 Å². The number of anilines is 1. The third-order valence-corrected chi connectivity index (χ3v) is 3.21. The van der Waals surface area contributed by atoms with Gasteiger partial charge in [-0.15, -0.1) is 0 Å². The van der Waals surface area contributed by atoms with Crippen LogP contribution in [0.15, 0.2) is 18.2 Å². The molecule has 1 aromatic carbocycles. The molecule has 0 atom stereocenters. The van der Waals surface area contributed by atoms with Crippen LogP contribution in [0.3, 0.4) is 0 Å². The molecule has 0 radical (unpaired) electrons. The summed E-state index contributed by atoms with van der Waals surface area (Å²) in [5.41, 5.74) is 1.24. The molecule has 0 bridgehead atoms. The molecule has 108 valence electrons. The third kappa shape index (κ3) is 3.18. The molecule has 1 aliphatic rings. The minimum Gasteiger partial charge on any atom is -0.490 e. The minimum atomic E-state index is -0.0618. The van der Waals surface area contributed by atoms with E-state index in [1.165, 1.54) is 6.92 Å².